The Kier molecular flexibility index (Phi) is 12.4. The van der Waals surface area contributed by atoms with Crippen molar-refractivity contribution in [1.29, 1.82) is 5.41 Å². The van der Waals surface area contributed by atoms with Gasteiger partial charge in [-0.2, -0.15) is 0 Å². The van der Waals surface area contributed by atoms with Crippen LogP contribution in [0.4, 0.5) is 4.79 Å². The number of ether oxygens (including phenoxy) is 2. The molecule has 10 nitrogen and oxygen atoms in total. The maximum atomic E-state index is 13.6. The third kappa shape index (κ3) is 9.47. The molecule has 0 heterocycles. The van der Waals surface area contributed by atoms with Crippen LogP contribution in [0.2, 0.25) is 5.02 Å². The summed E-state index contributed by atoms with van der Waals surface area (Å²) in [6, 6.07) is 21.2. The van der Waals surface area contributed by atoms with Gasteiger partial charge in [0.25, 0.3) is 0 Å². The smallest absolute Gasteiger partial charge is 0.407 e. The summed E-state index contributed by atoms with van der Waals surface area (Å²) in [5.74, 6) is -0.995. The summed E-state index contributed by atoms with van der Waals surface area (Å²) in [7, 11) is 1.63. The van der Waals surface area contributed by atoms with E-state index in [0.717, 1.165) is 27.8 Å². The van der Waals surface area contributed by atoms with Crippen LogP contribution in [0.15, 0.2) is 72.8 Å². The highest BCUT2D eigenvalue weighted by Gasteiger charge is 2.31. The first kappa shape index (κ1) is 34.3. The fraction of sp³-hybridized carbons (Fsp3) is 0.371. The van der Waals surface area contributed by atoms with E-state index in [-0.39, 0.29) is 37.4 Å². The number of halogens is 1. The van der Waals surface area contributed by atoms with Gasteiger partial charge in [-0.05, 0) is 65.1 Å². The molecule has 46 heavy (non-hydrogen) atoms. The van der Waals surface area contributed by atoms with Gasteiger partial charge in [0.1, 0.15) is 25.3 Å². The van der Waals surface area contributed by atoms with Crippen molar-refractivity contribution in [3.05, 3.63) is 94.5 Å². The molecule has 0 saturated carbocycles. The van der Waals surface area contributed by atoms with Crippen LogP contribution in [0.1, 0.15) is 55.7 Å². The Bertz CT molecular complexity index is 1470. The summed E-state index contributed by atoms with van der Waals surface area (Å²) in [5, 5.41) is 19.4. The number of hydrogen-bond acceptors (Lipinski definition) is 6. The first-order valence-electron chi connectivity index (χ1n) is 15.5. The van der Waals surface area contributed by atoms with Gasteiger partial charge in [-0.3, -0.25) is 10.2 Å². The minimum atomic E-state index is -0.986. The van der Waals surface area contributed by atoms with Crippen LogP contribution >= 0.6 is 11.6 Å². The summed E-state index contributed by atoms with van der Waals surface area (Å²) in [5.41, 5.74) is 5.16. The number of amides is 2. The number of benzene rings is 3. The van der Waals surface area contributed by atoms with E-state index in [1.54, 1.807) is 31.3 Å². The van der Waals surface area contributed by atoms with Crippen molar-refractivity contribution in [3.63, 3.8) is 0 Å². The number of alkyl carbamates (subject to hydrolysis) is 1. The van der Waals surface area contributed by atoms with E-state index >= 15 is 0 Å². The molecule has 1 aliphatic carbocycles. The summed E-state index contributed by atoms with van der Waals surface area (Å²) in [6.45, 7) is 4.42. The monoisotopic (exact) mass is 647 g/mol. The van der Waals surface area contributed by atoms with Gasteiger partial charge in [0.05, 0.1) is 0 Å². The first-order chi connectivity index (χ1) is 22.2. The average molecular weight is 648 g/mol. The van der Waals surface area contributed by atoms with E-state index in [1.807, 2.05) is 50.2 Å². The van der Waals surface area contributed by atoms with Crippen molar-refractivity contribution < 1.29 is 23.9 Å². The van der Waals surface area contributed by atoms with Gasteiger partial charge in [0, 0.05) is 24.5 Å². The molecule has 0 radical (unpaired) electrons. The van der Waals surface area contributed by atoms with Crippen molar-refractivity contribution in [1.82, 2.24) is 21.3 Å². The quantitative estimate of drug-likeness (QED) is 0.0688. The fourth-order valence-electron chi connectivity index (χ4n) is 5.45. The molecule has 1 aliphatic rings. The molecular formula is C35H42ClN5O5. The molecule has 0 aromatic heterocycles. The Morgan fingerprint density at radius 1 is 0.870 bits per heavy atom. The lowest BCUT2D eigenvalue weighted by atomic mass is 9.98. The Hall–Kier alpha value is -4.57. The third-order valence-corrected chi connectivity index (χ3v) is 8.03. The first-order valence-corrected chi connectivity index (χ1v) is 15.9. The van der Waals surface area contributed by atoms with Crippen LogP contribution in [0.25, 0.3) is 11.1 Å². The van der Waals surface area contributed by atoms with Gasteiger partial charge >= 0.3 is 12.1 Å². The van der Waals surface area contributed by atoms with Gasteiger partial charge in [-0.15, -0.1) is 0 Å². The summed E-state index contributed by atoms with van der Waals surface area (Å²) in [6.07, 6.45) is 0.322. The largest absolute Gasteiger partial charge is 0.459 e. The van der Waals surface area contributed by atoms with Crippen molar-refractivity contribution in [2.45, 2.75) is 57.7 Å². The van der Waals surface area contributed by atoms with Gasteiger partial charge in [0.2, 0.25) is 5.91 Å². The van der Waals surface area contributed by atoms with E-state index in [1.165, 1.54) is 0 Å². The zero-order valence-electron chi connectivity index (χ0n) is 26.4. The van der Waals surface area contributed by atoms with E-state index in [4.69, 9.17) is 26.5 Å². The topological polar surface area (TPSA) is 142 Å². The lowest BCUT2D eigenvalue weighted by Gasteiger charge is -2.24. The second kappa shape index (κ2) is 16.7. The van der Waals surface area contributed by atoms with Crippen molar-refractivity contribution in [2.24, 2.45) is 5.92 Å². The Labute approximate surface area is 275 Å². The molecule has 0 saturated heterocycles. The van der Waals surface area contributed by atoms with Crippen LogP contribution in [0.5, 0.6) is 0 Å². The molecular weight excluding hydrogens is 606 g/mol. The second-order valence-corrected chi connectivity index (χ2v) is 12.1. The molecule has 11 heteroatoms. The number of guanidine groups is 1. The number of rotatable bonds is 14. The lowest BCUT2D eigenvalue weighted by Crippen LogP contribution is -2.52. The second-order valence-electron chi connectivity index (χ2n) is 11.6. The van der Waals surface area contributed by atoms with Crippen LogP contribution in [0.3, 0.4) is 0 Å². The molecule has 0 bridgehead atoms. The van der Waals surface area contributed by atoms with E-state index < -0.39 is 30.1 Å². The average Bonchev–Trinajstić information content (AvgIpc) is 3.37. The minimum absolute atomic E-state index is 0.0327. The number of fused-ring (bicyclic) bond motifs is 3. The van der Waals surface area contributed by atoms with Gasteiger partial charge in [0.15, 0.2) is 5.96 Å². The van der Waals surface area contributed by atoms with Crippen molar-refractivity contribution >= 4 is 35.5 Å². The predicted molar refractivity (Wildman–Crippen MR) is 179 cm³/mol. The van der Waals surface area contributed by atoms with Crippen LogP contribution in [-0.4, -0.2) is 56.2 Å². The summed E-state index contributed by atoms with van der Waals surface area (Å²) < 4.78 is 11.2. The van der Waals surface area contributed by atoms with Gasteiger partial charge < -0.3 is 30.7 Å². The number of esters is 1. The number of carbonyl (C=O) groups is 3. The zero-order valence-corrected chi connectivity index (χ0v) is 27.2. The van der Waals surface area contributed by atoms with Crippen molar-refractivity contribution in [2.75, 3.05) is 20.2 Å². The highest BCUT2D eigenvalue weighted by Crippen LogP contribution is 2.44. The molecule has 2 amide bonds. The number of hydrogen-bond donors (Lipinski definition) is 5. The molecule has 3 aromatic rings. The number of nitrogens with one attached hydrogen (secondary N) is 5. The van der Waals surface area contributed by atoms with Crippen LogP contribution in [-0.2, 0) is 25.7 Å². The Balaban J connectivity index is 1.41. The van der Waals surface area contributed by atoms with E-state index in [0.29, 0.717) is 24.4 Å². The molecule has 3 aromatic carbocycles. The standard InChI is InChI=1S/C35H42ClN5O5/c1-22(2)19-31(33(43)45-20-23-14-16-24(36)17-15-23)40-32(42)30(13-8-18-39-34(37)38-3)41-35(44)46-21-29-27-11-6-4-9-25(27)26-10-5-7-12-28(26)29/h4-7,9-12,14-17,22,29-31H,8,13,18-21H2,1-3H3,(H,40,42)(H,41,44)(H3,37,38,39)/t30-,31+/m1/s1. The molecule has 0 aliphatic heterocycles. The molecule has 5 N–H and O–H groups in total. The van der Waals surface area contributed by atoms with Crippen LogP contribution < -0.4 is 21.3 Å². The Morgan fingerprint density at radius 3 is 2.11 bits per heavy atom. The minimum Gasteiger partial charge on any atom is -0.459 e. The molecule has 4 rings (SSSR count). The van der Waals surface area contributed by atoms with Gasteiger partial charge in [-0.1, -0.05) is 86.1 Å². The number of carbonyl (C=O) groups excluding carboxylic acids is 3. The summed E-state index contributed by atoms with van der Waals surface area (Å²) in [4.78, 5) is 39.8. The molecule has 0 spiro atoms. The maximum absolute atomic E-state index is 13.6. The van der Waals surface area contributed by atoms with E-state index in [2.05, 4.69) is 33.4 Å². The highest BCUT2D eigenvalue weighted by molar-refractivity contribution is 6.30. The zero-order chi connectivity index (χ0) is 33.1. The van der Waals surface area contributed by atoms with Gasteiger partial charge in [-0.25, -0.2) is 9.59 Å². The highest BCUT2D eigenvalue weighted by atomic mass is 35.5. The normalized spacial score (nSPS) is 13.2. The lowest BCUT2D eigenvalue weighted by molar-refractivity contribution is -0.149. The van der Waals surface area contributed by atoms with Crippen molar-refractivity contribution in [3.8, 4) is 11.1 Å². The molecule has 244 valence electrons. The Morgan fingerprint density at radius 2 is 1.50 bits per heavy atom. The SMILES string of the molecule is CNC(=N)NCCC[C@@H](NC(=O)OCC1c2ccccc2-c2ccccc21)C(=O)N[C@@H](CC(C)C)C(=O)OCc1ccc(Cl)cc1. The molecule has 0 fully saturated rings. The molecule has 2 atom stereocenters. The molecule has 0 unspecified atom stereocenters. The third-order valence-electron chi connectivity index (χ3n) is 7.78. The predicted octanol–water partition coefficient (Wildman–Crippen LogP) is 5.35. The fourth-order valence-corrected chi connectivity index (χ4v) is 5.58. The van der Waals surface area contributed by atoms with Crippen LogP contribution in [0, 0.1) is 11.3 Å². The summed E-state index contributed by atoms with van der Waals surface area (Å²) >= 11 is 5.95. The van der Waals surface area contributed by atoms with E-state index in [9.17, 15) is 14.4 Å². The maximum Gasteiger partial charge on any atom is 0.407 e.